The van der Waals surface area contributed by atoms with Crippen LogP contribution in [0.5, 0.6) is 0 Å². The lowest BCUT2D eigenvalue weighted by Crippen LogP contribution is -2.44. The molecule has 0 aromatic heterocycles. The Kier molecular flexibility index (Phi) is 5.47. The van der Waals surface area contributed by atoms with Crippen LogP contribution in [0.3, 0.4) is 0 Å². The molecule has 6 heteroatoms. The molecule has 1 heterocycles. The van der Waals surface area contributed by atoms with Crippen LogP contribution in [0.1, 0.15) is 20.8 Å². The maximum Gasteiger partial charge on any atom is 0.318 e. The summed E-state index contributed by atoms with van der Waals surface area (Å²) >= 11 is 1.48. The van der Waals surface area contributed by atoms with Gasteiger partial charge >= 0.3 is 5.97 Å². The summed E-state index contributed by atoms with van der Waals surface area (Å²) in [7, 11) is 0. The van der Waals surface area contributed by atoms with Crippen LogP contribution in [0.4, 0.5) is 0 Å². The second-order valence-corrected chi connectivity index (χ2v) is 4.39. The van der Waals surface area contributed by atoms with Crippen LogP contribution in [0.25, 0.3) is 0 Å². The topological polar surface area (TPSA) is 63.0 Å². The van der Waals surface area contributed by atoms with Crippen molar-refractivity contribution in [1.29, 1.82) is 0 Å². The maximum absolute atomic E-state index is 11.9. The van der Waals surface area contributed by atoms with Gasteiger partial charge < -0.3 is 10.1 Å². The smallest absolute Gasteiger partial charge is 0.318 e. The number of hydrogen-bond acceptors (Lipinski definition) is 6. The Morgan fingerprint density at radius 2 is 2.24 bits per heavy atom. The number of esters is 1. The number of amidine groups is 2. The molecular weight excluding hydrogens is 238 g/mol. The van der Waals surface area contributed by atoms with Crippen molar-refractivity contribution in [3.63, 3.8) is 0 Å². The van der Waals surface area contributed by atoms with Crippen LogP contribution in [0, 0.1) is 5.92 Å². The average Bonchev–Trinajstić information content (AvgIpc) is 2.29. The van der Waals surface area contributed by atoms with Crippen LogP contribution >= 0.6 is 11.8 Å². The maximum atomic E-state index is 11.9. The molecule has 96 valence electrons. The third kappa shape index (κ3) is 3.46. The van der Waals surface area contributed by atoms with Gasteiger partial charge in [-0.05, 0) is 27.0 Å². The number of ether oxygens (including phenoxy) is 1. The van der Waals surface area contributed by atoms with Gasteiger partial charge in [0.1, 0.15) is 11.8 Å². The Balaban J connectivity index is 2.92. The van der Waals surface area contributed by atoms with Crippen molar-refractivity contribution >= 4 is 28.7 Å². The lowest BCUT2D eigenvalue weighted by molar-refractivity contribution is -0.146. The van der Waals surface area contributed by atoms with Crippen LogP contribution in [-0.2, 0) is 9.53 Å². The molecule has 1 N–H and O–H groups in total. The van der Waals surface area contributed by atoms with Gasteiger partial charge in [0, 0.05) is 6.54 Å². The quantitative estimate of drug-likeness (QED) is 0.774. The Hall–Kier alpha value is -1.04. The zero-order chi connectivity index (χ0) is 12.8. The summed E-state index contributed by atoms with van der Waals surface area (Å²) in [6.07, 6.45) is 1.92. The average molecular weight is 257 g/mol. The van der Waals surface area contributed by atoms with Crippen molar-refractivity contribution in [3.8, 4) is 0 Å². The van der Waals surface area contributed by atoms with Gasteiger partial charge in [0.25, 0.3) is 0 Å². The fourth-order valence-corrected chi connectivity index (χ4v) is 2.11. The molecule has 0 saturated heterocycles. The van der Waals surface area contributed by atoms with E-state index in [0.29, 0.717) is 17.6 Å². The highest BCUT2D eigenvalue weighted by atomic mass is 32.2. The molecule has 5 nitrogen and oxygen atoms in total. The highest BCUT2D eigenvalue weighted by Gasteiger charge is 2.34. The molecule has 1 rings (SSSR count). The normalized spacial score (nSPS) is 23.8. The van der Waals surface area contributed by atoms with Crippen molar-refractivity contribution in [1.82, 2.24) is 5.32 Å². The number of nitrogens with zero attached hydrogens (tertiary/aromatic N) is 2. The van der Waals surface area contributed by atoms with E-state index in [1.807, 2.05) is 20.1 Å². The van der Waals surface area contributed by atoms with Crippen molar-refractivity contribution in [2.75, 3.05) is 19.4 Å². The number of rotatable bonds is 3. The van der Waals surface area contributed by atoms with Gasteiger partial charge in [-0.2, -0.15) is 0 Å². The zero-order valence-corrected chi connectivity index (χ0v) is 11.5. The third-order valence-electron chi connectivity index (χ3n) is 2.39. The Bertz CT molecular complexity index is 342. The van der Waals surface area contributed by atoms with Gasteiger partial charge in [-0.25, -0.2) is 4.99 Å². The van der Waals surface area contributed by atoms with E-state index in [0.717, 1.165) is 6.54 Å². The third-order valence-corrected chi connectivity index (χ3v) is 2.95. The van der Waals surface area contributed by atoms with Crippen LogP contribution < -0.4 is 5.32 Å². The molecule has 0 saturated carbocycles. The highest BCUT2D eigenvalue weighted by Crippen LogP contribution is 2.19. The first-order valence-electron chi connectivity index (χ1n) is 5.74. The molecule has 2 atom stereocenters. The van der Waals surface area contributed by atoms with Crippen LogP contribution in [0.2, 0.25) is 0 Å². The molecule has 2 unspecified atom stereocenters. The minimum absolute atomic E-state index is 0.136. The van der Waals surface area contributed by atoms with Crippen molar-refractivity contribution < 1.29 is 9.53 Å². The molecule has 1 aliphatic rings. The predicted molar refractivity (Wildman–Crippen MR) is 71.6 cm³/mol. The number of nitrogens with one attached hydrogen (secondary N) is 1. The van der Waals surface area contributed by atoms with Crippen molar-refractivity contribution in [2.24, 2.45) is 15.9 Å². The predicted octanol–water partition coefficient (Wildman–Crippen LogP) is 1.29. The summed E-state index contributed by atoms with van der Waals surface area (Å²) < 4.78 is 5.06. The van der Waals surface area contributed by atoms with Gasteiger partial charge in [0.05, 0.1) is 12.6 Å². The fourth-order valence-electron chi connectivity index (χ4n) is 1.65. The summed E-state index contributed by atoms with van der Waals surface area (Å²) in [5.41, 5.74) is 0. The van der Waals surface area contributed by atoms with Crippen molar-refractivity contribution in [3.05, 3.63) is 0 Å². The van der Waals surface area contributed by atoms with E-state index in [-0.39, 0.29) is 12.0 Å². The molecule has 0 aliphatic carbocycles. The van der Waals surface area contributed by atoms with Crippen molar-refractivity contribution in [2.45, 2.75) is 26.8 Å². The molecule has 17 heavy (non-hydrogen) atoms. The molecule has 0 aromatic rings. The monoisotopic (exact) mass is 257 g/mol. The van der Waals surface area contributed by atoms with Gasteiger partial charge in [-0.15, -0.1) is 0 Å². The minimum Gasteiger partial charge on any atom is -0.465 e. The minimum atomic E-state index is -0.411. The van der Waals surface area contributed by atoms with Crippen LogP contribution in [-0.4, -0.2) is 42.4 Å². The summed E-state index contributed by atoms with van der Waals surface area (Å²) in [5.74, 6) is -0.00722. The number of thioether (sulfide) groups is 1. The largest absolute Gasteiger partial charge is 0.465 e. The van der Waals surface area contributed by atoms with E-state index in [2.05, 4.69) is 15.3 Å². The number of hydrogen-bond donors (Lipinski definition) is 1. The molecule has 0 aromatic carbocycles. The van der Waals surface area contributed by atoms with E-state index in [1.54, 1.807) is 6.92 Å². The molecular formula is C11H19N3O2S. The first-order chi connectivity index (χ1) is 8.13. The highest BCUT2D eigenvalue weighted by molar-refractivity contribution is 8.13. The molecule has 1 aliphatic heterocycles. The summed E-state index contributed by atoms with van der Waals surface area (Å²) in [4.78, 5) is 20.6. The van der Waals surface area contributed by atoms with E-state index >= 15 is 0 Å². The van der Waals surface area contributed by atoms with Crippen LogP contribution in [0.15, 0.2) is 9.98 Å². The number of carbonyl (C=O) groups is 1. The first kappa shape index (κ1) is 14.0. The van der Waals surface area contributed by atoms with E-state index in [4.69, 9.17) is 4.74 Å². The van der Waals surface area contributed by atoms with Gasteiger partial charge in [0.15, 0.2) is 5.17 Å². The Morgan fingerprint density at radius 1 is 1.53 bits per heavy atom. The molecule has 0 bridgehead atoms. The van der Waals surface area contributed by atoms with Gasteiger partial charge in [-0.3, -0.25) is 9.79 Å². The summed E-state index contributed by atoms with van der Waals surface area (Å²) in [5, 5.41) is 3.83. The summed E-state index contributed by atoms with van der Waals surface area (Å²) in [6, 6.07) is -0.136. The molecule has 0 spiro atoms. The van der Waals surface area contributed by atoms with E-state index in [9.17, 15) is 4.79 Å². The van der Waals surface area contributed by atoms with E-state index in [1.165, 1.54) is 11.8 Å². The second-order valence-electron chi connectivity index (χ2n) is 3.61. The van der Waals surface area contributed by atoms with Gasteiger partial charge in [0.2, 0.25) is 0 Å². The number of carbonyl (C=O) groups excluding carboxylic acids is 1. The molecule has 0 fully saturated rings. The Morgan fingerprint density at radius 3 is 2.76 bits per heavy atom. The standard InChI is InChI=1S/C11H19N3O2S/c1-5-12-9-8(10(15)16-6-2)7(3)13-11(14-9)17-4/h7-8H,5-6H2,1-4H3,(H,12,13,14). The summed E-state index contributed by atoms with van der Waals surface area (Å²) in [6.45, 7) is 6.78. The van der Waals surface area contributed by atoms with E-state index < -0.39 is 5.92 Å². The first-order valence-corrected chi connectivity index (χ1v) is 6.97. The number of aliphatic imine (C=N–C) groups is 2. The fraction of sp³-hybridized carbons (Fsp3) is 0.727. The zero-order valence-electron chi connectivity index (χ0n) is 10.7. The lowest BCUT2D eigenvalue weighted by atomic mass is 9.99. The molecule has 0 amide bonds. The SMILES string of the molecule is CCNC1=NC(SC)=NC(C)C1C(=O)OCC. The second kappa shape index (κ2) is 6.64. The van der Waals surface area contributed by atoms with Gasteiger partial charge in [-0.1, -0.05) is 11.8 Å². The Labute approximate surface area is 106 Å². The molecule has 0 radical (unpaired) electrons. The lowest BCUT2D eigenvalue weighted by Gasteiger charge is -2.25.